The standard InChI is InChI=1S/C14H20BrNO/c1-3-4-10-16(2)11-9-14(17)12-7-5-6-8-13(12)15/h5-8H,3-4,9-11H2,1-2H3. The topological polar surface area (TPSA) is 20.3 Å². The van der Waals surface area contributed by atoms with Crippen LogP contribution in [0.25, 0.3) is 0 Å². The van der Waals surface area contributed by atoms with E-state index < -0.39 is 0 Å². The molecule has 0 saturated carbocycles. The Bertz CT molecular complexity index is 365. The van der Waals surface area contributed by atoms with Crippen LogP contribution in [0.4, 0.5) is 0 Å². The smallest absolute Gasteiger partial charge is 0.165 e. The van der Waals surface area contributed by atoms with Gasteiger partial charge in [0.2, 0.25) is 0 Å². The van der Waals surface area contributed by atoms with Crippen molar-refractivity contribution >= 4 is 21.7 Å². The number of carbonyl (C=O) groups excluding carboxylic acids is 1. The fourth-order valence-corrected chi connectivity index (χ4v) is 2.16. The average Bonchev–Trinajstić information content (AvgIpc) is 2.34. The average molecular weight is 298 g/mol. The molecule has 0 aliphatic heterocycles. The molecule has 94 valence electrons. The van der Waals surface area contributed by atoms with Gasteiger partial charge in [-0.25, -0.2) is 0 Å². The minimum absolute atomic E-state index is 0.209. The van der Waals surface area contributed by atoms with Gasteiger partial charge in [-0.05, 0) is 26.1 Å². The fourth-order valence-electron chi connectivity index (χ4n) is 1.65. The highest BCUT2D eigenvalue weighted by Crippen LogP contribution is 2.17. The Morgan fingerprint density at radius 2 is 2.00 bits per heavy atom. The molecule has 0 fully saturated rings. The number of unbranched alkanes of at least 4 members (excludes halogenated alkanes) is 1. The zero-order valence-electron chi connectivity index (χ0n) is 10.6. The van der Waals surface area contributed by atoms with Gasteiger partial charge in [0, 0.05) is 23.0 Å². The molecule has 0 radical (unpaired) electrons. The molecule has 0 N–H and O–H groups in total. The molecule has 0 saturated heterocycles. The van der Waals surface area contributed by atoms with Gasteiger partial charge in [0.15, 0.2) is 5.78 Å². The maximum Gasteiger partial charge on any atom is 0.165 e. The Kier molecular flexibility index (Phi) is 6.45. The SMILES string of the molecule is CCCCN(C)CCC(=O)c1ccccc1Br. The summed E-state index contributed by atoms with van der Waals surface area (Å²) < 4.78 is 0.890. The van der Waals surface area contributed by atoms with Gasteiger partial charge in [0.25, 0.3) is 0 Å². The number of rotatable bonds is 7. The van der Waals surface area contributed by atoms with Crippen LogP contribution in [-0.2, 0) is 0 Å². The number of hydrogen-bond donors (Lipinski definition) is 0. The maximum absolute atomic E-state index is 12.0. The highest BCUT2D eigenvalue weighted by atomic mass is 79.9. The molecule has 0 atom stereocenters. The van der Waals surface area contributed by atoms with Crippen LogP contribution in [0.2, 0.25) is 0 Å². The summed E-state index contributed by atoms with van der Waals surface area (Å²) in [6.07, 6.45) is 2.98. The molecule has 0 heterocycles. The number of nitrogens with zero attached hydrogens (tertiary/aromatic N) is 1. The van der Waals surface area contributed by atoms with Gasteiger partial charge < -0.3 is 4.90 Å². The summed E-state index contributed by atoms with van der Waals surface area (Å²) in [5.74, 6) is 0.209. The summed E-state index contributed by atoms with van der Waals surface area (Å²) in [4.78, 5) is 14.2. The molecule has 0 amide bonds. The predicted molar refractivity (Wildman–Crippen MR) is 75.5 cm³/mol. The summed E-state index contributed by atoms with van der Waals surface area (Å²) in [5.41, 5.74) is 0.788. The molecule has 1 aromatic carbocycles. The molecule has 2 nitrogen and oxygen atoms in total. The van der Waals surface area contributed by atoms with E-state index in [4.69, 9.17) is 0 Å². The lowest BCUT2D eigenvalue weighted by atomic mass is 10.1. The minimum Gasteiger partial charge on any atom is -0.306 e. The van der Waals surface area contributed by atoms with Crippen LogP contribution in [-0.4, -0.2) is 30.8 Å². The van der Waals surface area contributed by atoms with Gasteiger partial charge in [0.1, 0.15) is 0 Å². The van der Waals surface area contributed by atoms with Crippen molar-refractivity contribution in [3.63, 3.8) is 0 Å². The lowest BCUT2D eigenvalue weighted by molar-refractivity contribution is 0.0968. The van der Waals surface area contributed by atoms with Crippen LogP contribution >= 0.6 is 15.9 Å². The lowest BCUT2D eigenvalue weighted by Gasteiger charge is -2.15. The molecule has 1 rings (SSSR count). The first-order valence-electron chi connectivity index (χ1n) is 6.11. The fraction of sp³-hybridized carbons (Fsp3) is 0.500. The van der Waals surface area contributed by atoms with Crippen LogP contribution < -0.4 is 0 Å². The minimum atomic E-state index is 0.209. The van der Waals surface area contributed by atoms with Crippen LogP contribution in [0.15, 0.2) is 28.7 Å². The van der Waals surface area contributed by atoms with Crippen molar-refractivity contribution in [1.82, 2.24) is 4.90 Å². The zero-order valence-corrected chi connectivity index (χ0v) is 12.2. The number of halogens is 1. The van der Waals surface area contributed by atoms with Gasteiger partial charge in [-0.3, -0.25) is 4.79 Å². The Labute approximate surface area is 112 Å². The van der Waals surface area contributed by atoms with E-state index in [9.17, 15) is 4.79 Å². The lowest BCUT2D eigenvalue weighted by Crippen LogP contribution is -2.23. The third-order valence-electron chi connectivity index (χ3n) is 2.79. The first-order chi connectivity index (χ1) is 8.15. The van der Waals surface area contributed by atoms with Crippen molar-refractivity contribution in [2.45, 2.75) is 26.2 Å². The van der Waals surface area contributed by atoms with Crippen molar-refractivity contribution < 1.29 is 4.79 Å². The Morgan fingerprint density at radius 1 is 1.29 bits per heavy atom. The van der Waals surface area contributed by atoms with Crippen LogP contribution in [0.1, 0.15) is 36.5 Å². The maximum atomic E-state index is 12.0. The van der Waals surface area contributed by atoms with Gasteiger partial charge in [-0.15, -0.1) is 0 Å². The summed E-state index contributed by atoms with van der Waals surface area (Å²) in [5, 5.41) is 0. The van der Waals surface area contributed by atoms with Gasteiger partial charge in [-0.1, -0.05) is 47.5 Å². The van der Waals surface area contributed by atoms with E-state index in [-0.39, 0.29) is 5.78 Å². The van der Waals surface area contributed by atoms with Gasteiger partial charge in [-0.2, -0.15) is 0 Å². The number of benzene rings is 1. The molecule has 1 aromatic rings. The Hall–Kier alpha value is -0.670. The van der Waals surface area contributed by atoms with Gasteiger partial charge in [0.05, 0.1) is 0 Å². The Balaban J connectivity index is 2.42. The largest absolute Gasteiger partial charge is 0.306 e. The van der Waals surface area contributed by atoms with Gasteiger partial charge >= 0.3 is 0 Å². The summed E-state index contributed by atoms with van der Waals surface area (Å²) in [7, 11) is 2.07. The first kappa shape index (κ1) is 14.4. The quantitative estimate of drug-likeness (QED) is 0.714. The molecule has 0 unspecified atom stereocenters. The van der Waals surface area contributed by atoms with E-state index in [1.165, 1.54) is 12.8 Å². The third kappa shape index (κ3) is 5.00. The normalized spacial score (nSPS) is 10.8. The number of carbonyl (C=O) groups is 1. The monoisotopic (exact) mass is 297 g/mol. The summed E-state index contributed by atoms with van der Waals surface area (Å²) in [6, 6.07) is 7.61. The number of hydrogen-bond acceptors (Lipinski definition) is 2. The zero-order chi connectivity index (χ0) is 12.7. The predicted octanol–water partition coefficient (Wildman–Crippen LogP) is 3.75. The molecule has 0 aromatic heterocycles. The molecular weight excluding hydrogens is 278 g/mol. The summed E-state index contributed by atoms with van der Waals surface area (Å²) >= 11 is 3.41. The molecule has 0 aliphatic rings. The highest BCUT2D eigenvalue weighted by Gasteiger charge is 2.09. The molecular formula is C14H20BrNO. The van der Waals surface area contributed by atoms with E-state index in [0.717, 1.165) is 23.1 Å². The first-order valence-corrected chi connectivity index (χ1v) is 6.90. The van der Waals surface area contributed by atoms with Crippen molar-refractivity contribution in [1.29, 1.82) is 0 Å². The second-order valence-electron chi connectivity index (χ2n) is 4.31. The number of ketones is 1. The van der Waals surface area contributed by atoms with Crippen LogP contribution in [0.3, 0.4) is 0 Å². The van der Waals surface area contributed by atoms with Crippen molar-refractivity contribution in [3.05, 3.63) is 34.3 Å². The van der Waals surface area contributed by atoms with E-state index in [0.29, 0.717) is 6.42 Å². The molecule has 3 heteroatoms. The van der Waals surface area contributed by atoms with Crippen LogP contribution in [0, 0.1) is 0 Å². The molecule has 0 aliphatic carbocycles. The van der Waals surface area contributed by atoms with Crippen molar-refractivity contribution in [2.75, 3.05) is 20.1 Å². The van der Waals surface area contributed by atoms with E-state index in [1.807, 2.05) is 24.3 Å². The summed E-state index contributed by atoms with van der Waals surface area (Å²) in [6.45, 7) is 4.08. The highest BCUT2D eigenvalue weighted by molar-refractivity contribution is 9.10. The van der Waals surface area contributed by atoms with Crippen molar-refractivity contribution in [2.24, 2.45) is 0 Å². The Morgan fingerprint density at radius 3 is 2.65 bits per heavy atom. The molecule has 0 spiro atoms. The third-order valence-corrected chi connectivity index (χ3v) is 3.48. The number of Topliss-reactive ketones (excluding diaryl/α,β-unsaturated/α-hetero) is 1. The van der Waals surface area contributed by atoms with E-state index in [2.05, 4.69) is 34.8 Å². The van der Waals surface area contributed by atoms with E-state index in [1.54, 1.807) is 0 Å². The second kappa shape index (κ2) is 7.62. The van der Waals surface area contributed by atoms with Crippen LogP contribution in [0.5, 0.6) is 0 Å². The second-order valence-corrected chi connectivity index (χ2v) is 5.16. The molecule has 0 bridgehead atoms. The van der Waals surface area contributed by atoms with Crippen molar-refractivity contribution in [3.8, 4) is 0 Å². The van der Waals surface area contributed by atoms with E-state index >= 15 is 0 Å². The molecule has 17 heavy (non-hydrogen) atoms.